The number of aliphatic hydroxyl groups excluding tert-OH is 1. The Kier molecular flexibility index (Phi) is 13.3. The van der Waals surface area contributed by atoms with Crippen molar-refractivity contribution in [3.05, 3.63) is 103 Å². The van der Waals surface area contributed by atoms with Gasteiger partial charge in [0.25, 0.3) is 0 Å². The number of thiophene rings is 1. The number of pyridine rings is 2. The summed E-state index contributed by atoms with van der Waals surface area (Å²) in [6, 6.07) is 22.9. The molecule has 5 aromatic rings. The Morgan fingerprint density at radius 1 is 1.00 bits per heavy atom. The van der Waals surface area contributed by atoms with Crippen molar-refractivity contribution in [3.8, 4) is 22.5 Å². The van der Waals surface area contributed by atoms with E-state index in [0.717, 1.165) is 53.6 Å². The number of fused-ring (bicyclic) bond motifs is 2. The monoisotopic (exact) mass is 812 g/mol. The molecular formula is C40H47IrN2O2S-. The number of benzene rings is 2. The van der Waals surface area contributed by atoms with Crippen LogP contribution < -0.4 is 4.57 Å². The topological polar surface area (TPSA) is 54.1 Å². The standard InChI is InChI=1S/C27H23N2S.C13H24O2.Ir/c1-27(2,3)23-14-21(13-18-7-5-6-8-22(18)23)25-16-19(9-11-29(25)4)24-15-20-10-12-30-26(20)17-28-24;1-5-10(6-2)12(14)9-13(15)11(7-3)8-4;/h5-12,14-17H,4H2,1-3H3;9-11,14H,5-8H2,1-4H3;/q-1;;/b;12-9-;. The number of aliphatic hydroxyl groups is 1. The average Bonchev–Trinajstić information content (AvgIpc) is 3.50. The van der Waals surface area contributed by atoms with E-state index in [1.807, 2.05) is 44.7 Å². The van der Waals surface area contributed by atoms with E-state index in [2.05, 4.69) is 93.9 Å². The van der Waals surface area contributed by atoms with Crippen molar-refractivity contribution in [3.63, 3.8) is 0 Å². The third kappa shape index (κ3) is 8.73. The maximum absolute atomic E-state index is 11.7. The molecule has 46 heavy (non-hydrogen) atoms. The smallest absolute Gasteiger partial charge is 0.162 e. The third-order valence-corrected chi connectivity index (χ3v) is 9.48. The van der Waals surface area contributed by atoms with E-state index in [1.165, 1.54) is 27.1 Å². The van der Waals surface area contributed by atoms with Crippen LogP contribution in [0.25, 0.3) is 43.4 Å². The van der Waals surface area contributed by atoms with E-state index < -0.39 is 0 Å². The first-order valence-corrected chi connectivity index (χ1v) is 17.0. The molecule has 2 aromatic carbocycles. The van der Waals surface area contributed by atoms with E-state index >= 15 is 0 Å². The molecule has 1 N–H and O–H groups in total. The molecule has 1 radical (unpaired) electrons. The molecule has 245 valence electrons. The van der Waals surface area contributed by atoms with Crippen LogP contribution in [0, 0.1) is 24.9 Å². The first kappa shape index (κ1) is 37.2. The fraction of sp³-hybridized carbons (Fsp3) is 0.350. The zero-order valence-electron chi connectivity index (χ0n) is 28.2. The Bertz CT molecular complexity index is 1790. The van der Waals surface area contributed by atoms with Crippen LogP contribution in [0.1, 0.15) is 79.7 Å². The first-order valence-electron chi connectivity index (χ1n) is 16.1. The van der Waals surface area contributed by atoms with Gasteiger partial charge in [0.1, 0.15) is 5.69 Å². The second kappa shape index (κ2) is 16.5. The Morgan fingerprint density at radius 3 is 2.33 bits per heavy atom. The zero-order valence-corrected chi connectivity index (χ0v) is 31.4. The van der Waals surface area contributed by atoms with Gasteiger partial charge in [-0.1, -0.05) is 77.6 Å². The molecule has 5 rings (SSSR count). The SMILES string of the molecule is CCC(CC)C(=O)/C=C(\O)C(CC)CC.[CH2-][n+]1ccc(-c2cc3ccsc3cn2)cc1-c1[c-]c2ccccc2c(C(C)(C)C)c1.[Ir]. The molecule has 3 aromatic heterocycles. The number of carbonyl (C=O) groups is 1. The van der Waals surface area contributed by atoms with E-state index in [-0.39, 0.29) is 48.9 Å². The van der Waals surface area contributed by atoms with Gasteiger partial charge < -0.3 is 9.67 Å². The molecule has 0 aliphatic heterocycles. The normalized spacial score (nSPS) is 11.9. The first-order chi connectivity index (χ1) is 21.5. The number of rotatable bonds is 9. The van der Waals surface area contributed by atoms with Crippen LogP contribution in [-0.4, -0.2) is 15.9 Å². The number of allylic oxidation sites excluding steroid dienone is 2. The molecule has 0 spiro atoms. The van der Waals surface area contributed by atoms with Crippen LogP contribution in [0.2, 0.25) is 0 Å². The van der Waals surface area contributed by atoms with Gasteiger partial charge in [0.15, 0.2) is 5.78 Å². The molecular weight excluding hydrogens is 765 g/mol. The Hall–Kier alpha value is -3.31. The van der Waals surface area contributed by atoms with Gasteiger partial charge in [-0.2, -0.15) is 0 Å². The van der Waals surface area contributed by atoms with Crippen molar-refractivity contribution in [2.45, 2.75) is 79.6 Å². The van der Waals surface area contributed by atoms with Gasteiger partial charge in [0.05, 0.1) is 22.3 Å². The fourth-order valence-corrected chi connectivity index (χ4v) is 6.45. The van der Waals surface area contributed by atoms with Crippen molar-refractivity contribution in [1.82, 2.24) is 4.98 Å². The molecule has 0 fully saturated rings. The predicted molar refractivity (Wildman–Crippen MR) is 190 cm³/mol. The summed E-state index contributed by atoms with van der Waals surface area (Å²) in [5.41, 5.74) is 5.47. The molecule has 0 aliphatic carbocycles. The molecule has 6 heteroatoms. The van der Waals surface area contributed by atoms with Gasteiger partial charge in [0, 0.05) is 51.3 Å². The van der Waals surface area contributed by atoms with E-state index in [4.69, 9.17) is 4.98 Å². The number of carbonyl (C=O) groups excluding carboxylic acids is 1. The predicted octanol–water partition coefficient (Wildman–Crippen LogP) is 10.7. The average molecular weight is 812 g/mol. The molecule has 0 saturated carbocycles. The van der Waals surface area contributed by atoms with Crippen molar-refractivity contribution < 1.29 is 34.6 Å². The van der Waals surface area contributed by atoms with Gasteiger partial charge in [-0.15, -0.1) is 40.5 Å². The molecule has 0 atom stereocenters. The number of ketones is 1. The number of aromatic nitrogens is 2. The maximum Gasteiger partial charge on any atom is 0.162 e. The molecule has 0 unspecified atom stereocenters. The minimum Gasteiger partial charge on any atom is -0.512 e. The fourth-order valence-electron chi connectivity index (χ4n) is 5.71. The molecule has 0 amide bonds. The van der Waals surface area contributed by atoms with Crippen molar-refractivity contribution in [2.75, 3.05) is 0 Å². The second-order valence-electron chi connectivity index (χ2n) is 12.7. The van der Waals surface area contributed by atoms with Crippen LogP contribution in [0.15, 0.2) is 84.2 Å². The maximum atomic E-state index is 11.7. The molecule has 3 heterocycles. The summed E-state index contributed by atoms with van der Waals surface area (Å²) < 4.78 is 3.12. The van der Waals surface area contributed by atoms with Crippen molar-refractivity contribution >= 4 is 38.0 Å². The van der Waals surface area contributed by atoms with Gasteiger partial charge >= 0.3 is 0 Å². The van der Waals surface area contributed by atoms with Crippen molar-refractivity contribution in [1.29, 1.82) is 0 Å². The Morgan fingerprint density at radius 2 is 1.67 bits per heavy atom. The zero-order chi connectivity index (χ0) is 32.7. The van der Waals surface area contributed by atoms with Crippen LogP contribution in [-0.2, 0) is 30.3 Å². The summed E-state index contributed by atoms with van der Waals surface area (Å²) in [7, 11) is 4.22. The molecule has 0 bridgehead atoms. The van der Waals surface area contributed by atoms with Gasteiger partial charge in [-0.25, -0.2) is 0 Å². The summed E-state index contributed by atoms with van der Waals surface area (Å²) in [5, 5.41) is 15.5. The van der Waals surface area contributed by atoms with Gasteiger partial charge in [-0.3, -0.25) is 9.78 Å². The van der Waals surface area contributed by atoms with Crippen LogP contribution in [0.5, 0.6) is 0 Å². The summed E-state index contributed by atoms with van der Waals surface area (Å²) in [5.74, 6) is 0.547. The van der Waals surface area contributed by atoms with E-state index in [0.29, 0.717) is 0 Å². The summed E-state index contributed by atoms with van der Waals surface area (Å²) in [4.78, 5) is 16.4. The number of nitrogens with zero attached hydrogens (tertiary/aromatic N) is 2. The number of hydrogen-bond acceptors (Lipinski definition) is 4. The van der Waals surface area contributed by atoms with E-state index in [1.54, 1.807) is 11.3 Å². The third-order valence-electron chi connectivity index (χ3n) is 8.61. The van der Waals surface area contributed by atoms with Crippen LogP contribution in [0.3, 0.4) is 0 Å². The minimum atomic E-state index is 0. The van der Waals surface area contributed by atoms with Gasteiger partial charge in [-0.05, 0) is 71.7 Å². The number of hydrogen-bond donors (Lipinski definition) is 1. The molecule has 0 saturated heterocycles. The molecule has 0 aliphatic rings. The molecule has 4 nitrogen and oxygen atoms in total. The van der Waals surface area contributed by atoms with E-state index in [9.17, 15) is 9.90 Å². The summed E-state index contributed by atoms with van der Waals surface area (Å²) in [6.07, 6.45) is 8.87. The summed E-state index contributed by atoms with van der Waals surface area (Å²) in [6.45, 7) is 14.8. The van der Waals surface area contributed by atoms with Crippen molar-refractivity contribution in [2.24, 2.45) is 11.8 Å². The largest absolute Gasteiger partial charge is 0.512 e. The Labute approximate surface area is 293 Å². The quantitative estimate of drug-likeness (QED) is 0.0698. The second-order valence-corrected chi connectivity index (χ2v) is 13.6. The van der Waals surface area contributed by atoms with Crippen LogP contribution >= 0.6 is 11.3 Å². The van der Waals surface area contributed by atoms with Crippen LogP contribution in [0.4, 0.5) is 0 Å². The minimum absolute atomic E-state index is 0. The van der Waals surface area contributed by atoms with Gasteiger partial charge in [0.2, 0.25) is 0 Å². The Balaban J connectivity index is 0.000000309. The summed E-state index contributed by atoms with van der Waals surface area (Å²) >= 11 is 1.72.